The van der Waals surface area contributed by atoms with Crippen LogP contribution in [0, 0.1) is 14.9 Å². The minimum atomic E-state index is -0.404. The molecule has 2 aromatic carbocycles. The SMILES string of the molecule is CCOc1cc(/C=C(/C#N)C(=O)NC(C)C)cc(I)c1OCc1ccc(Cl)cc1. The average Bonchev–Trinajstić information content (AvgIpc) is 2.66. The molecule has 2 aromatic rings. The number of nitriles is 1. The normalized spacial score (nSPS) is 11.1. The molecule has 2 rings (SSSR count). The maximum Gasteiger partial charge on any atom is 0.262 e. The Labute approximate surface area is 189 Å². The lowest BCUT2D eigenvalue weighted by Crippen LogP contribution is -2.30. The van der Waals surface area contributed by atoms with Gasteiger partial charge in [-0.15, -0.1) is 0 Å². The number of amides is 1. The van der Waals surface area contributed by atoms with Crippen molar-refractivity contribution in [2.24, 2.45) is 0 Å². The molecule has 0 aliphatic heterocycles. The molecule has 0 fully saturated rings. The third kappa shape index (κ3) is 6.94. The Morgan fingerprint density at radius 1 is 1.28 bits per heavy atom. The summed E-state index contributed by atoms with van der Waals surface area (Å²) in [5.41, 5.74) is 1.70. The summed E-state index contributed by atoms with van der Waals surface area (Å²) < 4.78 is 12.6. The lowest BCUT2D eigenvalue weighted by molar-refractivity contribution is -0.117. The zero-order chi connectivity index (χ0) is 21.4. The molecule has 0 saturated carbocycles. The summed E-state index contributed by atoms with van der Waals surface area (Å²) in [4.78, 5) is 12.2. The first-order valence-electron chi connectivity index (χ1n) is 9.10. The van der Waals surface area contributed by atoms with Gasteiger partial charge in [-0.25, -0.2) is 0 Å². The Kier molecular flexibility index (Phi) is 8.80. The van der Waals surface area contributed by atoms with E-state index in [1.165, 1.54) is 0 Å². The van der Waals surface area contributed by atoms with E-state index in [1.54, 1.807) is 12.1 Å². The number of carbonyl (C=O) groups is 1. The number of hydrogen-bond donors (Lipinski definition) is 1. The van der Waals surface area contributed by atoms with Crippen molar-refractivity contribution in [1.82, 2.24) is 5.32 Å². The highest BCUT2D eigenvalue weighted by Gasteiger charge is 2.15. The lowest BCUT2D eigenvalue weighted by atomic mass is 10.1. The standard InChI is InChI=1S/C22H22ClIN2O3/c1-4-28-20-11-16(9-17(12-25)22(27)26-14(2)3)10-19(24)21(20)29-13-15-5-7-18(23)8-6-15/h5-11,14H,4,13H2,1-3H3,(H,26,27)/b17-9-. The molecular weight excluding hydrogens is 503 g/mol. The van der Waals surface area contributed by atoms with Gasteiger partial charge < -0.3 is 14.8 Å². The molecule has 1 N–H and O–H groups in total. The Bertz CT molecular complexity index is 934. The topological polar surface area (TPSA) is 71.3 Å². The number of hydrogen-bond acceptors (Lipinski definition) is 4. The molecule has 0 spiro atoms. The van der Waals surface area contributed by atoms with Crippen molar-refractivity contribution < 1.29 is 14.3 Å². The maximum atomic E-state index is 12.2. The first-order valence-corrected chi connectivity index (χ1v) is 10.6. The van der Waals surface area contributed by atoms with Crippen LogP contribution in [0.25, 0.3) is 6.08 Å². The van der Waals surface area contributed by atoms with Crippen LogP contribution in [-0.4, -0.2) is 18.6 Å². The molecule has 5 nitrogen and oxygen atoms in total. The number of rotatable bonds is 8. The highest BCUT2D eigenvalue weighted by atomic mass is 127. The van der Waals surface area contributed by atoms with Gasteiger partial charge in [0.05, 0.1) is 10.2 Å². The summed E-state index contributed by atoms with van der Waals surface area (Å²) in [5.74, 6) is 0.768. The largest absolute Gasteiger partial charge is 0.490 e. The number of ether oxygens (including phenoxy) is 2. The summed E-state index contributed by atoms with van der Waals surface area (Å²) in [5, 5.41) is 12.7. The third-order valence-corrected chi connectivity index (χ3v) is 4.78. The van der Waals surface area contributed by atoms with Crippen LogP contribution in [0.3, 0.4) is 0 Å². The van der Waals surface area contributed by atoms with E-state index in [0.29, 0.717) is 35.3 Å². The first kappa shape index (κ1) is 23.0. The van der Waals surface area contributed by atoms with Gasteiger partial charge in [-0.3, -0.25) is 4.79 Å². The summed E-state index contributed by atoms with van der Waals surface area (Å²) >= 11 is 8.08. The molecule has 7 heteroatoms. The van der Waals surface area contributed by atoms with Crippen molar-refractivity contribution >= 4 is 46.2 Å². The minimum absolute atomic E-state index is 0.0341. The van der Waals surface area contributed by atoms with E-state index in [4.69, 9.17) is 21.1 Å². The van der Waals surface area contributed by atoms with Gasteiger partial charge in [-0.1, -0.05) is 23.7 Å². The number of nitrogens with zero attached hydrogens (tertiary/aromatic N) is 1. The second kappa shape index (κ2) is 11.1. The molecule has 0 unspecified atom stereocenters. The van der Waals surface area contributed by atoms with Gasteiger partial charge in [0.15, 0.2) is 11.5 Å². The fourth-order valence-corrected chi connectivity index (χ4v) is 3.37. The van der Waals surface area contributed by atoms with Crippen LogP contribution in [0.1, 0.15) is 31.9 Å². The van der Waals surface area contributed by atoms with E-state index >= 15 is 0 Å². The highest BCUT2D eigenvalue weighted by molar-refractivity contribution is 14.1. The Hall–Kier alpha value is -2.24. The van der Waals surface area contributed by atoms with E-state index < -0.39 is 5.91 Å². The van der Waals surface area contributed by atoms with E-state index in [-0.39, 0.29) is 11.6 Å². The lowest BCUT2D eigenvalue weighted by Gasteiger charge is -2.15. The zero-order valence-corrected chi connectivity index (χ0v) is 19.4. The first-order chi connectivity index (χ1) is 13.8. The molecule has 0 heterocycles. The predicted octanol–water partition coefficient (Wildman–Crippen LogP) is 5.35. The second-order valence-corrected chi connectivity index (χ2v) is 8.07. The summed E-state index contributed by atoms with van der Waals surface area (Å²) in [6.45, 7) is 6.39. The van der Waals surface area contributed by atoms with Crippen LogP contribution in [-0.2, 0) is 11.4 Å². The van der Waals surface area contributed by atoms with Gasteiger partial charge >= 0.3 is 0 Å². The monoisotopic (exact) mass is 524 g/mol. The minimum Gasteiger partial charge on any atom is -0.490 e. The highest BCUT2D eigenvalue weighted by Crippen LogP contribution is 2.35. The van der Waals surface area contributed by atoms with E-state index in [2.05, 4.69) is 27.9 Å². The van der Waals surface area contributed by atoms with Crippen LogP contribution in [0.5, 0.6) is 11.5 Å². The molecule has 0 atom stereocenters. The van der Waals surface area contributed by atoms with Crippen molar-refractivity contribution in [3.8, 4) is 17.6 Å². The fraction of sp³-hybridized carbons (Fsp3) is 0.273. The number of halogens is 2. The summed E-state index contributed by atoms with van der Waals surface area (Å²) in [6, 6.07) is 12.9. The molecule has 29 heavy (non-hydrogen) atoms. The van der Waals surface area contributed by atoms with Crippen LogP contribution in [0.15, 0.2) is 42.0 Å². The summed E-state index contributed by atoms with van der Waals surface area (Å²) in [6.07, 6.45) is 1.55. The van der Waals surface area contributed by atoms with E-state index in [1.807, 2.05) is 57.2 Å². The molecule has 0 radical (unpaired) electrons. The Balaban J connectivity index is 2.30. The molecular formula is C22H22ClIN2O3. The van der Waals surface area contributed by atoms with Crippen LogP contribution in [0.4, 0.5) is 0 Å². The van der Waals surface area contributed by atoms with Crippen molar-refractivity contribution in [3.63, 3.8) is 0 Å². The van der Waals surface area contributed by atoms with E-state index in [0.717, 1.165) is 9.13 Å². The fourth-order valence-electron chi connectivity index (χ4n) is 2.47. The van der Waals surface area contributed by atoms with E-state index in [9.17, 15) is 10.1 Å². The van der Waals surface area contributed by atoms with Crippen LogP contribution >= 0.6 is 34.2 Å². The van der Waals surface area contributed by atoms with Crippen molar-refractivity contribution in [2.75, 3.05) is 6.61 Å². The molecule has 1 amide bonds. The third-order valence-electron chi connectivity index (χ3n) is 3.72. The smallest absolute Gasteiger partial charge is 0.262 e. The maximum absolute atomic E-state index is 12.2. The van der Waals surface area contributed by atoms with Gasteiger partial charge in [-0.05, 0) is 84.8 Å². The number of carbonyl (C=O) groups excluding carboxylic acids is 1. The predicted molar refractivity (Wildman–Crippen MR) is 123 cm³/mol. The number of nitrogens with one attached hydrogen (secondary N) is 1. The molecule has 0 aliphatic rings. The van der Waals surface area contributed by atoms with Crippen LogP contribution in [0.2, 0.25) is 5.02 Å². The zero-order valence-electron chi connectivity index (χ0n) is 16.5. The summed E-state index contributed by atoms with van der Waals surface area (Å²) in [7, 11) is 0. The molecule has 152 valence electrons. The van der Waals surface area contributed by atoms with Gasteiger partial charge in [-0.2, -0.15) is 5.26 Å². The molecule has 0 saturated heterocycles. The quantitative estimate of drug-likeness (QED) is 0.287. The van der Waals surface area contributed by atoms with Crippen molar-refractivity contribution in [3.05, 3.63) is 61.7 Å². The van der Waals surface area contributed by atoms with Gasteiger partial charge in [0, 0.05) is 11.1 Å². The van der Waals surface area contributed by atoms with Gasteiger partial charge in [0.25, 0.3) is 5.91 Å². The van der Waals surface area contributed by atoms with Gasteiger partial charge in [0.1, 0.15) is 18.2 Å². The van der Waals surface area contributed by atoms with Crippen molar-refractivity contribution in [1.29, 1.82) is 5.26 Å². The molecule has 0 aliphatic carbocycles. The second-order valence-electron chi connectivity index (χ2n) is 6.48. The molecule has 0 aromatic heterocycles. The Morgan fingerprint density at radius 2 is 1.97 bits per heavy atom. The van der Waals surface area contributed by atoms with Gasteiger partial charge in [0.2, 0.25) is 0 Å². The Morgan fingerprint density at radius 3 is 2.55 bits per heavy atom. The van der Waals surface area contributed by atoms with Crippen LogP contribution < -0.4 is 14.8 Å². The molecule has 0 bridgehead atoms. The number of benzene rings is 2. The average molecular weight is 525 g/mol. The van der Waals surface area contributed by atoms with Crippen molar-refractivity contribution in [2.45, 2.75) is 33.4 Å².